The van der Waals surface area contributed by atoms with Crippen LogP contribution in [0.4, 0.5) is 0 Å². The van der Waals surface area contributed by atoms with E-state index in [4.69, 9.17) is 5.11 Å². The summed E-state index contributed by atoms with van der Waals surface area (Å²) in [5, 5.41) is 13.0. The van der Waals surface area contributed by atoms with Crippen molar-refractivity contribution in [3.05, 3.63) is 6.92 Å². The van der Waals surface area contributed by atoms with Crippen LogP contribution in [0.2, 0.25) is 0 Å². The summed E-state index contributed by atoms with van der Waals surface area (Å²) in [6.45, 7) is 7.01. The first-order valence-electron chi connectivity index (χ1n) is 4.38. The molecule has 2 nitrogen and oxygen atoms in total. The fourth-order valence-corrected chi connectivity index (χ4v) is 0.855. The Morgan fingerprint density at radius 3 is 2.64 bits per heavy atom. The first-order valence-corrected chi connectivity index (χ1v) is 4.38. The predicted octanol–water partition coefficient (Wildman–Crippen LogP) is 1.37. The van der Waals surface area contributed by atoms with Crippen molar-refractivity contribution in [1.82, 2.24) is 5.32 Å². The minimum absolute atomic E-state index is 0.275. The fourth-order valence-electron chi connectivity index (χ4n) is 0.855. The SMILES string of the molecule is [CH2]CCCCC[N]CC(C)O. The molecule has 11 heavy (non-hydrogen) atoms. The Balaban J connectivity index is 2.80. The van der Waals surface area contributed by atoms with Gasteiger partial charge in [-0.1, -0.05) is 26.2 Å². The molecule has 0 aromatic heterocycles. The Bertz CT molecular complexity index is 74.0. The van der Waals surface area contributed by atoms with Crippen molar-refractivity contribution in [3.63, 3.8) is 0 Å². The molecule has 2 heteroatoms. The first-order chi connectivity index (χ1) is 5.27. The minimum atomic E-state index is -0.275. The van der Waals surface area contributed by atoms with Crippen LogP contribution in [0.25, 0.3) is 0 Å². The predicted molar refractivity (Wildman–Crippen MR) is 47.4 cm³/mol. The molecule has 66 valence electrons. The van der Waals surface area contributed by atoms with Gasteiger partial charge < -0.3 is 5.11 Å². The molecule has 2 radical (unpaired) electrons. The third-order valence-corrected chi connectivity index (χ3v) is 1.46. The number of nitrogens with zero attached hydrogens (tertiary/aromatic N) is 1. The van der Waals surface area contributed by atoms with Crippen LogP contribution in [0.15, 0.2) is 0 Å². The molecule has 1 unspecified atom stereocenters. The topological polar surface area (TPSA) is 34.3 Å². The van der Waals surface area contributed by atoms with Crippen molar-refractivity contribution in [2.75, 3.05) is 13.1 Å². The second-order valence-electron chi connectivity index (χ2n) is 2.89. The second-order valence-corrected chi connectivity index (χ2v) is 2.89. The van der Waals surface area contributed by atoms with E-state index in [1.54, 1.807) is 6.92 Å². The van der Waals surface area contributed by atoms with Gasteiger partial charge in [0.05, 0.1) is 6.10 Å². The van der Waals surface area contributed by atoms with E-state index in [1.165, 1.54) is 12.8 Å². The molecule has 0 heterocycles. The van der Waals surface area contributed by atoms with Crippen LogP contribution in [-0.4, -0.2) is 24.3 Å². The van der Waals surface area contributed by atoms with Crippen LogP contribution >= 0.6 is 0 Å². The van der Waals surface area contributed by atoms with E-state index in [1.807, 2.05) is 0 Å². The van der Waals surface area contributed by atoms with Gasteiger partial charge >= 0.3 is 0 Å². The molecular formula is C9H19NO. The molecule has 0 amide bonds. The second kappa shape index (κ2) is 8.02. The normalized spacial score (nSPS) is 13.4. The van der Waals surface area contributed by atoms with Crippen LogP contribution in [-0.2, 0) is 0 Å². The molecule has 1 N–H and O–H groups in total. The number of unbranched alkanes of at least 4 members (excludes halogenated alkanes) is 3. The number of hydrogen-bond donors (Lipinski definition) is 1. The molecule has 0 aliphatic heterocycles. The van der Waals surface area contributed by atoms with Crippen molar-refractivity contribution in [2.45, 2.75) is 38.7 Å². The fraction of sp³-hybridized carbons (Fsp3) is 0.889. The van der Waals surface area contributed by atoms with Gasteiger partial charge in [0.2, 0.25) is 0 Å². The summed E-state index contributed by atoms with van der Waals surface area (Å²) in [6.07, 6.45) is 4.30. The molecule has 0 spiro atoms. The third kappa shape index (κ3) is 9.92. The van der Waals surface area contributed by atoms with Crippen LogP contribution < -0.4 is 5.32 Å². The lowest BCUT2D eigenvalue weighted by Gasteiger charge is -2.03. The Morgan fingerprint density at radius 2 is 2.09 bits per heavy atom. The number of aliphatic hydroxyl groups excluding tert-OH is 1. The molecule has 0 rings (SSSR count). The molecule has 0 bridgehead atoms. The molecule has 0 aromatic carbocycles. The standard InChI is InChI=1S/C9H19NO/c1-3-4-5-6-7-10-8-9(2)11/h9,11H,1,3-8H2,2H3. The Hall–Kier alpha value is -0.0800. The minimum Gasteiger partial charge on any atom is -0.392 e. The van der Waals surface area contributed by atoms with Gasteiger partial charge in [-0.3, -0.25) is 0 Å². The molecule has 1 atom stereocenters. The monoisotopic (exact) mass is 157 g/mol. The Morgan fingerprint density at radius 1 is 1.36 bits per heavy atom. The molecule has 0 aliphatic carbocycles. The highest BCUT2D eigenvalue weighted by Gasteiger charge is 1.94. The maximum Gasteiger partial charge on any atom is 0.0653 e. The van der Waals surface area contributed by atoms with Gasteiger partial charge in [0.25, 0.3) is 0 Å². The quantitative estimate of drug-likeness (QED) is 0.556. The summed E-state index contributed by atoms with van der Waals surface area (Å²) in [6, 6.07) is 0. The van der Waals surface area contributed by atoms with E-state index in [9.17, 15) is 0 Å². The van der Waals surface area contributed by atoms with Crippen molar-refractivity contribution in [3.8, 4) is 0 Å². The lowest BCUT2D eigenvalue weighted by Crippen LogP contribution is -2.18. The summed E-state index contributed by atoms with van der Waals surface area (Å²) < 4.78 is 0. The van der Waals surface area contributed by atoms with E-state index in [0.717, 1.165) is 19.4 Å². The molecule has 0 saturated heterocycles. The molecule has 0 fully saturated rings. The summed E-state index contributed by atoms with van der Waals surface area (Å²) in [5.74, 6) is 0. The van der Waals surface area contributed by atoms with Crippen molar-refractivity contribution in [2.24, 2.45) is 0 Å². The molecule has 0 aliphatic rings. The summed E-state index contributed by atoms with van der Waals surface area (Å²) in [5.41, 5.74) is 0. The van der Waals surface area contributed by atoms with Gasteiger partial charge in [0.1, 0.15) is 0 Å². The zero-order valence-corrected chi connectivity index (χ0v) is 7.42. The smallest absolute Gasteiger partial charge is 0.0653 e. The zero-order valence-electron chi connectivity index (χ0n) is 7.42. The highest BCUT2D eigenvalue weighted by atomic mass is 16.3. The number of hydrogen-bond acceptors (Lipinski definition) is 1. The number of rotatable bonds is 7. The third-order valence-electron chi connectivity index (χ3n) is 1.46. The average Bonchev–Trinajstić information content (AvgIpc) is 1.96. The summed E-state index contributed by atoms with van der Waals surface area (Å²) in [4.78, 5) is 0. The maximum absolute atomic E-state index is 8.85. The summed E-state index contributed by atoms with van der Waals surface area (Å²) in [7, 11) is 0. The van der Waals surface area contributed by atoms with Crippen LogP contribution in [0, 0.1) is 6.92 Å². The van der Waals surface area contributed by atoms with Gasteiger partial charge in [0, 0.05) is 13.1 Å². The highest BCUT2D eigenvalue weighted by molar-refractivity contribution is 4.52. The summed E-state index contributed by atoms with van der Waals surface area (Å²) >= 11 is 0. The van der Waals surface area contributed by atoms with Crippen molar-refractivity contribution < 1.29 is 5.11 Å². The largest absolute Gasteiger partial charge is 0.392 e. The van der Waals surface area contributed by atoms with Crippen LogP contribution in [0.1, 0.15) is 32.6 Å². The van der Waals surface area contributed by atoms with E-state index >= 15 is 0 Å². The van der Waals surface area contributed by atoms with Gasteiger partial charge in [-0.15, -0.1) is 0 Å². The van der Waals surface area contributed by atoms with Gasteiger partial charge in [-0.05, 0) is 13.3 Å². The Labute approximate surface area is 70.0 Å². The molecule has 0 saturated carbocycles. The van der Waals surface area contributed by atoms with Gasteiger partial charge in [0.15, 0.2) is 0 Å². The lowest BCUT2D eigenvalue weighted by molar-refractivity contribution is 0.190. The van der Waals surface area contributed by atoms with Crippen molar-refractivity contribution >= 4 is 0 Å². The maximum atomic E-state index is 8.85. The van der Waals surface area contributed by atoms with Crippen LogP contribution in [0.3, 0.4) is 0 Å². The van der Waals surface area contributed by atoms with E-state index in [-0.39, 0.29) is 6.10 Å². The van der Waals surface area contributed by atoms with Gasteiger partial charge in [-0.25, -0.2) is 5.32 Å². The highest BCUT2D eigenvalue weighted by Crippen LogP contribution is 1.96. The van der Waals surface area contributed by atoms with E-state index in [0.29, 0.717) is 6.54 Å². The van der Waals surface area contributed by atoms with E-state index in [2.05, 4.69) is 12.2 Å². The average molecular weight is 157 g/mol. The molecular weight excluding hydrogens is 138 g/mol. The first kappa shape index (κ1) is 10.9. The van der Waals surface area contributed by atoms with Crippen molar-refractivity contribution in [1.29, 1.82) is 0 Å². The van der Waals surface area contributed by atoms with Crippen LogP contribution in [0.5, 0.6) is 0 Å². The molecule has 0 aromatic rings. The number of aliphatic hydroxyl groups is 1. The Kier molecular flexibility index (Phi) is 7.96. The van der Waals surface area contributed by atoms with E-state index < -0.39 is 0 Å². The van der Waals surface area contributed by atoms with Gasteiger partial charge in [-0.2, -0.15) is 0 Å². The zero-order chi connectivity index (χ0) is 8.53. The lowest BCUT2D eigenvalue weighted by atomic mass is 10.2.